The summed E-state index contributed by atoms with van der Waals surface area (Å²) in [4.78, 5) is 10.4. The Hall–Kier alpha value is -1.13. The van der Waals surface area contributed by atoms with Crippen LogP contribution in [0.25, 0.3) is 11.5 Å². The molecule has 1 heterocycles. The molecule has 0 radical (unpaired) electrons. The summed E-state index contributed by atoms with van der Waals surface area (Å²) in [5, 5.41) is 0.637. The first-order valence-corrected chi connectivity index (χ1v) is 5.05. The first kappa shape index (κ1) is 9.43. The van der Waals surface area contributed by atoms with Crippen LogP contribution in [0, 0.1) is 6.92 Å². The minimum Gasteiger partial charge on any atom is -0.394 e. The molecule has 0 amide bonds. The molecule has 0 unspecified atom stereocenters. The summed E-state index contributed by atoms with van der Waals surface area (Å²) in [6.45, 7) is 1.91. The first-order chi connectivity index (χ1) is 6.66. The fourth-order valence-corrected chi connectivity index (χ4v) is 1.63. The van der Waals surface area contributed by atoms with Crippen LogP contribution in [0.15, 0.2) is 27.4 Å². The Morgan fingerprint density at radius 3 is 2.86 bits per heavy atom. The Kier molecular flexibility index (Phi) is 2.39. The van der Waals surface area contributed by atoms with Crippen molar-refractivity contribution in [2.75, 3.05) is 0 Å². The van der Waals surface area contributed by atoms with Crippen LogP contribution >= 0.6 is 23.1 Å². The normalized spacial score (nSPS) is 10.4. The molecule has 0 spiro atoms. The molecule has 1 aromatic carbocycles. The topological polar surface area (TPSA) is 43.1 Å². The predicted molar refractivity (Wildman–Crippen MR) is 55.8 cm³/mol. The fraction of sp³-hybridized carbons (Fsp3) is 0.111. The molecule has 0 aliphatic heterocycles. The summed E-state index contributed by atoms with van der Waals surface area (Å²) in [5.41, 5.74) is 1.70. The van der Waals surface area contributed by atoms with Gasteiger partial charge in [0.2, 0.25) is 5.89 Å². The third-order valence-corrected chi connectivity index (χ3v) is 2.70. The summed E-state index contributed by atoms with van der Waals surface area (Å²) in [6, 6.07) is 5.41. The molecule has 2 aromatic rings. The monoisotopic (exact) mass is 227 g/mol. The highest BCUT2D eigenvalue weighted by Crippen LogP contribution is 2.23. The zero-order chi connectivity index (χ0) is 10.1. The number of rotatable bonds is 1. The van der Waals surface area contributed by atoms with Crippen molar-refractivity contribution in [1.82, 2.24) is 4.37 Å². The maximum absolute atomic E-state index is 10.8. The third kappa shape index (κ3) is 1.71. The summed E-state index contributed by atoms with van der Waals surface area (Å²) in [5.74, 6) is 0.321. The van der Waals surface area contributed by atoms with E-state index in [1.54, 1.807) is 6.07 Å². The van der Waals surface area contributed by atoms with Crippen LogP contribution in [0.3, 0.4) is 0 Å². The standard InChI is InChI=1S/C9H6ClNO2S/c1-5-2-3-6(4-7(5)10)8-11-14-9(12)13-8/h2-4H,1H3. The smallest absolute Gasteiger partial charge is 0.394 e. The zero-order valence-electron chi connectivity index (χ0n) is 7.28. The summed E-state index contributed by atoms with van der Waals surface area (Å²) < 4.78 is 8.72. The van der Waals surface area contributed by atoms with Crippen molar-refractivity contribution in [3.63, 3.8) is 0 Å². The Bertz CT molecular complexity index is 518. The fourth-order valence-electron chi connectivity index (χ4n) is 1.03. The van der Waals surface area contributed by atoms with E-state index in [2.05, 4.69) is 4.37 Å². The Morgan fingerprint density at radius 1 is 1.50 bits per heavy atom. The maximum Gasteiger partial charge on any atom is 0.414 e. The van der Waals surface area contributed by atoms with Crippen LogP contribution in [0.1, 0.15) is 5.56 Å². The van der Waals surface area contributed by atoms with E-state index in [0.717, 1.165) is 22.7 Å². The molecule has 1 aromatic heterocycles. The summed E-state index contributed by atoms with van der Waals surface area (Å²) >= 11 is 6.72. The predicted octanol–water partition coefficient (Wildman–Crippen LogP) is 2.73. The number of nitrogens with zero attached hydrogens (tertiary/aromatic N) is 1. The van der Waals surface area contributed by atoms with Gasteiger partial charge in [0.1, 0.15) is 0 Å². The molecule has 0 aliphatic rings. The molecular weight excluding hydrogens is 222 g/mol. The van der Waals surface area contributed by atoms with Crippen LogP contribution in [-0.2, 0) is 0 Å². The number of hydrogen-bond donors (Lipinski definition) is 0. The van der Waals surface area contributed by atoms with E-state index in [0.29, 0.717) is 10.9 Å². The summed E-state index contributed by atoms with van der Waals surface area (Å²) in [6.07, 6.45) is 0. The third-order valence-electron chi connectivity index (χ3n) is 1.80. The molecule has 0 atom stereocenters. The Morgan fingerprint density at radius 2 is 2.29 bits per heavy atom. The molecule has 3 nitrogen and oxygen atoms in total. The summed E-state index contributed by atoms with van der Waals surface area (Å²) in [7, 11) is 0. The van der Waals surface area contributed by atoms with E-state index in [1.165, 1.54) is 0 Å². The van der Waals surface area contributed by atoms with Gasteiger partial charge >= 0.3 is 4.94 Å². The van der Waals surface area contributed by atoms with Gasteiger partial charge in [-0.05, 0) is 24.6 Å². The van der Waals surface area contributed by atoms with Gasteiger partial charge in [-0.25, -0.2) is 4.79 Å². The van der Waals surface area contributed by atoms with Crippen molar-refractivity contribution in [2.24, 2.45) is 0 Å². The minimum atomic E-state index is -0.406. The van der Waals surface area contributed by atoms with Gasteiger partial charge in [-0.3, -0.25) is 0 Å². The highest BCUT2D eigenvalue weighted by molar-refractivity contribution is 7.02. The molecule has 0 saturated carbocycles. The largest absolute Gasteiger partial charge is 0.414 e. The van der Waals surface area contributed by atoms with E-state index in [4.69, 9.17) is 16.0 Å². The number of aryl methyl sites for hydroxylation is 1. The van der Waals surface area contributed by atoms with E-state index in [9.17, 15) is 4.79 Å². The molecule has 14 heavy (non-hydrogen) atoms. The number of halogens is 1. The van der Waals surface area contributed by atoms with Crippen LogP contribution in [0.5, 0.6) is 0 Å². The lowest BCUT2D eigenvalue weighted by molar-refractivity contribution is 0.543. The average molecular weight is 228 g/mol. The second kappa shape index (κ2) is 3.55. The van der Waals surface area contributed by atoms with Gasteiger partial charge in [-0.15, -0.1) is 4.37 Å². The lowest BCUT2D eigenvalue weighted by Crippen LogP contribution is -1.83. The van der Waals surface area contributed by atoms with E-state index in [1.807, 2.05) is 19.1 Å². The lowest BCUT2D eigenvalue weighted by Gasteiger charge is -1.98. The van der Waals surface area contributed by atoms with Gasteiger partial charge in [0.15, 0.2) is 0 Å². The van der Waals surface area contributed by atoms with Crippen LogP contribution in [-0.4, -0.2) is 4.37 Å². The molecule has 0 aliphatic carbocycles. The molecule has 0 fully saturated rings. The van der Waals surface area contributed by atoms with E-state index in [-0.39, 0.29) is 0 Å². The number of benzene rings is 1. The van der Waals surface area contributed by atoms with Crippen molar-refractivity contribution >= 4 is 23.1 Å². The number of aromatic nitrogens is 1. The van der Waals surface area contributed by atoms with Gasteiger partial charge in [0.25, 0.3) is 0 Å². The van der Waals surface area contributed by atoms with Gasteiger partial charge in [-0.1, -0.05) is 17.7 Å². The van der Waals surface area contributed by atoms with Gasteiger partial charge in [0.05, 0.1) is 11.5 Å². The quantitative estimate of drug-likeness (QED) is 0.752. The van der Waals surface area contributed by atoms with Crippen LogP contribution in [0.2, 0.25) is 5.02 Å². The van der Waals surface area contributed by atoms with E-state index >= 15 is 0 Å². The average Bonchev–Trinajstić information content (AvgIpc) is 2.57. The van der Waals surface area contributed by atoms with Crippen LogP contribution < -0.4 is 4.94 Å². The van der Waals surface area contributed by atoms with Crippen molar-refractivity contribution < 1.29 is 4.42 Å². The lowest BCUT2D eigenvalue weighted by atomic mass is 10.1. The molecule has 0 saturated heterocycles. The Labute approximate surface area is 89.1 Å². The molecule has 5 heteroatoms. The highest BCUT2D eigenvalue weighted by atomic mass is 35.5. The van der Waals surface area contributed by atoms with Gasteiger partial charge in [-0.2, -0.15) is 0 Å². The van der Waals surface area contributed by atoms with Gasteiger partial charge in [0, 0.05) is 10.6 Å². The minimum absolute atomic E-state index is 0.321. The maximum atomic E-state index is 10.8. The molecular formula is C9H6ClNO2S. The highest BCUT2D eigenvalue weighted by Gasteiger charge is 2.06. The second-order valence-corrected chi connectivity index (χ2v) is 3.91. The van der Waals surface area contributed by atoms with Crippen molar-refractivity contribution in [1.29, 1.82) is 0 Å². The SMILES string of the molecule is Cc1ccc(-c2nsc(=O)o2)cc1Cl. The Balaban J connectivity index is 2.52. The number of hydrogen-bond acceptors (Lipinski definition) is 4. The van der Waals surface area contributed by atoms with Gasteiger partial charge < -0.3 is 4.42 Å². The molecule has 0 bridgehead atoms. The van der Waals surface area contributed by atoms with Crippen molar-refractivity contribution in [3.05, 3.63) is 38.5 Å². The van der Waals surface area contributed by atoms with Crippen molar-refractivity contribution in [2.45, 2.75) is 6.92 Å². The molecule has 72 valence electrons. The van der Waals surface area contributed by atoms with Crippen LogP contribution in [0.4, 0.5) is 0 Å². The molecule has 2 rings (SSSR count). The molecule has 0 N–H and O–H groups in total. The van der Waals surface area contributed by atoms with Crippen molar-refractivity contribution in [3.8, 4) is 11.5 Å². The zero-order valence-corrected chi connectivity index (χ0v) is 8.85. The first-order valence-electron chi connectivity index (χ1n) is 3.90. The second-order valence-electron chi connectivity index (χ2n) is 2.80. The van der Waals surface area contributed by atoms with E-state index < -0.39 is 4.94 Å².